The summed E-state index contributed by atoms with van der Waals surface area (Å²) in [7, 11) is 3.89. The topological polar surface area (TPSA) is 66.5 Å². The third-order valence-corrected chi connectivity index (χ3v) is 5.16. The molecule has 3 rings (SSSR count). The van der Waals surface area contributed by atoms with Crippen molar-refractivity contribution in [3.63, 3.8) is 0 Å². The maximum absolute atomic E-state index is 6.56. The fourth-order valence-electron chi connectivity index (χ4n) is 3.43. The van der Waals surface area contributed by atoms with Gasteiger partial charge in [-0.1, -0.05) is 23.7 Å². The lowest BCUT2D eigenvalue weighted by Gasteiger charge is -2.36. The van der Waals surface area contributed by atoms with Gasteiger partial charge in [0, 0.05) is 37.5 Å². The standard InChI is InChI=1S/C22H30ClN5O/c1-15(2)29-19-11-9-18(10-12-19)28(24)21-14-25-22(27(3)4)26-20(21)13-16-5-7-17(23)8-6-16/h5-9,11,14-15,20-21H,10,12-13,24H2,1-4H3. The van der Waals surface area contributed by atoms with E-state index in [1.54, 1.807) is 0 Å². The monoisotopic (exact) mass is 415 g/mol. The SMILES string of the molecule is CC(C)OC1=CC=C(N(N)C2C=NC(N(C)C)=NC2Cc2ccc(Cl)cc2)CC1. The van der Waals surface area contributed by atoms with Crippen molar-refractivity contribution in [2.45, 2.75) is 51.3 Å². The number of hydrogen-bond acceptors (Lipinski definition) is 6. The van der Waals surface area contributed by atoms with Gasteiger partial charge in [0.25, 0.3) is 0 Å². The smallest absolute Gasteiger partial charge is 0.220 e. The average molecular weight is 416 g/mol. The van der Waals surface area contributed by atoms with Gasteiger partial charge in [0.1, 0.15) is 6.04 Å². The Morgan fingerprint density at radius 1 is 1.17 bits per heavy atom. The molecule has 2 unspecified atom stereocenters. The number of ether oxygens (including phenoxy) is 1. The molecule has 0 bridgehead atoms. The van der Waals surface area contributed by atoms with E-state index in [-0.39, 0.29) is 18.2 Å². The molecule has 156 valence electrons. The highest BCUT2D eigenvalue weighted by atomic mass is 35.5. The Morgan fingerprint density at radius 3 is 2.48 bits per heavy atom. The number of hydrogen-bond donors (Lipinski definition) is 1. The third-order valence-electron chi connectivity index (χ3n) is 4.91. The van der Waals surface area contributed by atoms with Gasteiger partial charge in [-0.05, 0) is 56.5 Å². The van der Waals surface area contributed by atoms with Crippen molar-refractivity contribution in [1.82, 2.24) is 9.91 Å². The van der Waals surface area contributed by atoms with E-state index in [0.717, 1.165) is 35.7 Å². The van der Waals surface area contributed by atoms with Crippen molar-refractivity contribution in [2.75, 3.05) is 14.1 Å². The molecule has 1 aromatic rings. The van der Waals surface area contributed by atoms with Gasteiger partial charge in [-0.25, -0.2) is 15.8 Å². The van der Waals surface area contributed by atoms with E-state index in [0.29, 0.717) is 5.96 Å². The van der Waals surface area contributed by atoms with Crippen LogP contribution in [0.2, 0.25) is 5.02 Å². The molecule has 0 saturated carbocycles. The molecule has 2 aliphatic rings. The molecule has 0 spiro atoms. The summed E-state index contributed by atoms with van der Waals surface area (Å²) in [6.07, 6.45) is 8.57. The van der Waals surface area contributed by atoms with Gasteiger partial charge in [-0.3, -0.25) is 0 Å². The maximum atomic E-state index is 6.56. The van der Waals surface area contributed by atoms with Crippen LogP contribution in [0.4, 0.5) is 0 Å². The zero-order valence-electron chi connectivity index (χ0n) is 17.5. The highest BCUT2D eigenvalue weighted by molar-refractivity contribution is 6.30. The highest BCUT2D eigenvalue weighted by Crippen LogP contribution is 2.25. The van der Waals surface area contributed by atoms with Crippen LogP contribution in [0.1, 0.15) is 32.3 Å². The van der Waals surface area contributed by atoms with Crippen molar-refractivity contribution >= 4 is 23.8 Å². The second-order valence-corrected chi connectivity index (χ2v) is 8.29. The molecule has 1 aliphatic heterocycles. The van der Waals surface area contributed by atoms with E-state index in [1.165, 1.54) is 5.56 Å². The van der Waals surface area contributed by atoms with Crippen LogP contribution in [-0.2, 0) is 11.2 Å². The summed E-state index contributed by atoms with van der Waals surface area (Å²) in [5.74, 6) is 8.27. The van der Waals surface area contributed by atoms with E-state index in [2.05, 4.69) is 4.99 Å². The van der Waals surface area contributed by atoms with E-state index in [1.807, 2.05) is 80.5 Å². The Bertz CT molecular complexity index is 826. The lowest BCUT2D eigenvalue weighted by atomic mass is 9.98. The number of rotatable bonds is 6. The van der Waals surface area contributed by atoms with Crippen LogP contribution in [0.25, 0.3) is 0 Å². The Labute approximate surface area is 178 Å². The lowest BCUT2D eigenvalue weighted by molar-refractivity contribution is 0.136. The van der Waals surface area contributed by atoms with Crippen LogP contribution in [0.3, 0.4) is 0 Å². The molecule has 0 aromatic heterocycles. The minimum Gasteiger partial charge on any atom is -0.495 e. The number of benzene rings is 1. The zero-order valence-corrected chi connectivity index (χ0v) is 18.3. The Kier molecular flexibility index (Phi) is 6.98. The molecular weight excluding hydrogens is 386 g/mol. The number of hydrazine groups is 1. The van der Waals surface area contributed by atoms with Crippen LogP contribution in [0, 0.1) is 0 Å². The molecule has 0 saturated heterocycles. The van der Waals surface area contributed by atoms with Gasteiger partial charge >= 0.3 is 0 Å². The largest absolute Gasteiger partial charge is 0.495 e. The Balaban J connectivity index is 1.80. The highest BCUT2D eigenvalue weighted by Gasteiger charge is 2.30. The molecule has 1 heterocycles. The molecule has 1 aromatic carbocycles. The minimum absolute atomic E-state index is 0.0470. The number of halogens is 1. The zero-order chi connectivity index (χ0) is 21.0. The molecule has 0 radical (unpaired) electrons. The fraction of sp³-hybridized carbons (Fsp3) is 0.455. The first-order chi connectivity index (χ1) is 13.8. The first-order valence-corrected chi connectivity index (χ1v) is 10.4. The van der Waals surface area contributed by atoms with Crippen molar-refractivity contribution < 1.29 is 4.74 Å². The molecule has 0 amide bonds. The molecule has 0 fully saturated rings. The summed E-state index contributed by atoms with van der Waals surface area (Å²) in [4.78, 5) is 11.3. The molecule has 2 N–H and O–H groups in total. The quantitative estimate of drug-likeness (QED) is 0.567. The molecule has 1 aliphatic carbocycles. The lowest BCUT2D eigenvalue weighted by Crippen LogP contribution is -2.51. The molecule has 7 heteroatoms. The number of allylic oxidation sites excluding steroid dienone is 4. The number of aliphatic imine (C=N–C) groups is 2. The van der Waals surface area contributed by atoms with Gasteiger partial charge in [0.15, 0.2) is 0 Å². The average Bonchev–Trinajstić information content (AvgIpc) is 2.69. The minimum atomic E-state index is -0.124. The normalized spacial score (nSPS) is 21.4. The van der Waals surface area contributed by atoms with Crippen molar-refractivity contribution in [3.8, 4) is 0 Å². The van der Waals surface area contributed by atoms with E-state index in [4.69, 9.17) is 27.2 Å². The van der Waals surface area contributed by atoms with Crippen LogP contribution >= 0.6 is 11.6 Å². The summed E-state index contributed by atoms with van der Waals surface area (Å²) >= 11 is 6.04. The summed E-state index contributed by atoms with van der Waals surface area (Å²) in [5, 5.41) is 2.54. The van der Waals surface area contributed by atoms with Crippen LogP contribution in [0.15, 0.2) is 57.9 Å². The predicted molar refractivity (Wildman–Crippen MR) is 120 cm³/mol. The second-order valence-electron chi connectivity index (χ2n) is 7.86. The third kappa shape index (κ3) is 5.61. The van der Waals surface area contributed by atoms with E-state index < -0.39 is 0 Å². The second kappa shape index (κ2) is 9.46. The van der Waals surface area contributed by atoms with Crippen LogP contribution in [-0.4, -0.2) is 54.4 Å². The first-order valence-electron chi connectivity index (χ1n) is 9.97. The predicted octanol–water partition coefficient (Wildman–Crippen LogP) is 3.78. The number of nitrogens with two attached hydrogens (primary N) is 1. The Hall–Kier alpha value is -2.31. The molecule has 6 nitrogen and oxygen atoms in total. The Morgan fingerprint density at radius 2 is 1.90 bits per heavy atom. The maximum Gasteiger partial charge on any atom is 0.220 e. The molecule has 29 heavy (non-hydrogen) atoms. The molecule has 2 atom stereocenters. The van der Waals surface area contributed by atoms with Gasteiger partial charge in [0.2, 0.25) is 5.96 Å². The summed E-state index contributed by atoms with van der Waals surface area (Å²) in [6.45, 7) is 4.07. The summed E-state index contributed by atoms with van der Waals surface area (Å²) in [6, 6.07) is 7.72. The van der Waals surface area contributed by atoms with Crippen LogP contribution in [0.5, 0.6) is 0 Å². The fourth-order valence-corrected chi connectivity index (χ4v) is 3.56. The molecular formula is C22H30ClN5O. The van der Waals surface area contributed by atoms with Crippen molar-refractivity contribution in [1.29, 1.82) is 0 Å². The van der Waals surface area contributed by atoms with E-state index >= 15 is 0 Å². The van der Waals surface area contributed by atoms with Gasteiger partial charge in [0.05, 0.1) is 17.9 Å². The number of guanidine groups is 1. The van der Waals surface area contributed by atoms with Crippen molar-refractivity contribution in [2.24, 2.45) is 15.8 Å². The van der Waals surface area contributed by atoms with E-state index in [9.17, 15) is 0 Å². The van der Waals surface area contributed by atoms with Gasteiger partial charge in [-0.15, -0.1) is 0 Å². The van der Waals surface area contributed by atoms with Gasteiger partial charge in [-0.2, -0.15) is 0 Å². The summed E-state index contributed by atoms with van der Waals surface area (Å²) < 4.78 is 5.81. The first kappa shape index (κ1) is 21.4. The summed E-state index contributed by atoms with van der Waals surface area (Å²) in [5.41, 5.74) is 2.22. The number of nitrogens with zero attached hydrogens (tertiary/aromatic N) is 4. The van der Waals surface area contributed by atoms with Gasteiger partial charge < -0.3 is 14.6 Å². The van der Waals surface area contributed by atoms with Crippen LogP contribution < -0.4 is 5.84 Å². The van der Waals surface area contributed by atoms with Crippen molar-refractivity contribution in [3.05, 3.63) is 58.5 Å².